The van der Waals surface area contributed by atoms with Crippen LogP contribution in [0.25, 0.3) is 10.9 Å². The molecule has 2 aromatic rings. The van der Waals surface area contributed by atoms with Crippen LogP contribution in [0.5, 0.6) is 0 Å². The number of benzene rings is 1. The zero-order chi connectivity index (χ0) is 14.5. The highest BCUT2D eigenvalue weighted by Gasteiger charge is 2.19. The molecular weight excluding hydrogens is 244 g/mol. The molecule has 1 heterocycles. The molecule has 0 saturated heterocycles. The van der Waals surface area contributed by atoms with Gasteiger partial charge in [0.2, 0.25) is 0 Å². The van der Waals surface area contributed by atoms with Gasteiger partial charge >= 0.3 is 0 Å². The van der Waals surface area contributed by atoms with E-state index in [1.165, 1.54) is 23.8 Å². The van der Waals surface area contributed by atoms with E-state index >= 15 is 0 Å². The second kappa shape index (κ2) is 6.85. The van der Waals surface area contributed by atoms with Gasteiger partial charge in [-0.15, -0.1) is 0 Å². The maximum atomic E-state index is 4.59. The molecule has 0 fully saturated rings. The van der Waals surface area contributed by atoms with E-state index in [-0.39, 0.29) is 0 Å². The highest BCUT2D eigenvalue weighted by Crippen LogP contribution is 2.29. The van der Waals surface area contributed by atoms with Crippen LogP contribution in [0, 0.1) is 12.8 Å². The quantitative estimate of drug-likeness (QED) is 0.827. The monoisotopic (exact) mass is 270 g/mol. The van der Waals surface area contributed by atoms with Crippen LogP contribution in [0.4, 0.5) is 0 Å². The van der Waals surface area contributed by atoms with Gasteiger partial charge in [-0.3, -0.25) is 4.98 Å². The Morgan fingerprint density at radius 3 is 2.45 bits per heavy atom. The number of hydrogen-bond acceptors (Lipinski definition) is 2. The first-order valence-corrected chi connectivity index (χ1v) is 7.80. The third-order valence-corrected chi connectivity index (χ3v) is 4.16. The molecule has 1 aromatic carbocycles. The van der Waals surface area contributed by atoms with Gasteiger partial charge in [0.15, 0.2) is 0 Å². The van der Waals surface area contributed by atoms with E-state index in [9.17, 15) is 0 Å². The molecule has 0 aliphatic rings. The number of pyridine rings is 1. The Bertz CT molecular complexity index is 558. The average Bonchev–Trinajstić information content (AvgIpc) is 2.47. The lowest BCUT2D eigenvalue weighted by atomic mass is 9.88. The second-order valence-electron chi connectivity index (χ2n) is 5.52. The lowest BCUT2D eigenvalue weighted by Crippen LogP contribution is -2.27. The van der Waals surface area contributed by atoms with E-state index < -0.39 is 0 Å². The Labute approximate surface area is 122 Å². The van der Waals surface area contributed by atoms with Crippen LogP contribution < -0.4 is 5.32 Å². The fourth-order valence-corrected chi connectivity index (χ4v) is 2.98. The van der Waals surface area contributed by atoms with Crippen molar-refractivity contribution in [1.82, 2.24) is 10.3 Å². The van der Waals surface area contributed by atoms with Crippen molar-refractivity contribution in [2.24, 2.45) is 5.92 Å². The van der Waals surface area contributed by atoms with Gasteiger partial charge in [-0.05, 0) is 43.1 Å². The molecule has 0 aliphatic heterocycles. The van der Waals surface area contributed by atoms with Crippen molar-refractivity contribution in [3.63, 3.8) is 0 Å². The SMILES string of the molecule is CCNC(c1ccc2nc(C)ccc2c1)C(CC)CC. The smallest absolute Gasteiger partial charge is 0.0705 e. The van der Waals surface area contributed by atoms with Crippen LogP contribution in [-0.4, -0.2) is 11.5 Å². The standard InChI is InChI=1S/C18H26N2/c1-5-14(6-2)18(19-7-3)16-10-11-17-15(12-16)9-8-13(4)20-17/h8-12,14,18-19H,5-7H2,1-4H3. The predicted molar refractivity (Wildman–Crippen MR) is 87.0 cm³/mol. The number of hydrogen-bond donors (Lipinski definition) is 1. The molecule has 1 N–H and O–H groups in total. The topological polar surface area (TPSA) is 24.9 Å². The molecule has 2 rings (SSSR count). The number of nitrogens with one attached hydrogen (secondary N) is 1. The molecule has 0 radical (unpaired) electrons. The van der Waals surface area contributed by atoms with Gasteiger partial charge in [0.25, 0.3) is 0 Å². The summed E-state index contributed by atoms with van der Waals surface area (Å²) in [5.41, 5.74) is 3.56. The highest BCUT2D eigenvalue weighted by atomic mass is 14.9. The van der Waals surface area contributed by atoms with E-state index in [1.807, 2.05) is 6.92 Å². The summed E-state index contributed by atoms with van der Waals surface area (Å²) in [6.07, 6.45) is 2.41. The maximum Gasteiger partial charge on any atom is 0.0705 e. The van der Waals surface area contributed by atoms with Crippen molar-refractivity contribution in [1.29, 1.82) is 0 Å². The number of nitrogens with zero attached hydrogens (tertiary/aromatic N) is 1. The minimum absolute atomic E-state index is 0.445. The predicted octanol–water partition coefficient (Wildman–Crippen LogP) is 4.63. The first-order valence-electron chi connectivity index (χ1n) is 7.80. The van der Waals surface area contributed by atoms with Crippen molar-refractivity contribution in [2.45, 2.75) is 46.6 Å². The van der Waals surface area contributed by atoms with E-state index in [1.54, 1.807) is 0 Å². The first-order chi connectivity index (χ1) is 9.69. The molecule has 0 spiro atoms. The minimum Gasteiger partial charge on any atom is -0.310 e. The van der Waals surface area contributed by atoms with Gasteiger partial charge in [0, 0.05) is 17.1 Å². The van der Waals surface area contributed by atoms with Crippen molar-refractivity contribution in [3.8, 4) is 0 Å². The minimum atomic E-state index is 0.445. The lowest BCUT2D eigenvalue weighted by Gasteiger charge is -2.27. The molecule has 1 atom stereocenters. The second-order valence-corrected chi connectivity index (χ2v) is 5.52. The number of aromatic nitrogens is 1. The molecular formula is C18H26N2. The van der Waals surface area contributed by atoms with Gasteiger partial charge < -0.3 is 5.32 Å². The molecule has 0 bridgehead atoms. The van der Waals surface area contributed by atoms with Gasteiger partial charge in [0.1, 0.15) is 0 Å². The zero-order valence-corrected chi connectivity index (χ0v) is 13.1. The normalized spacial score (nSPS) is 13.1. The first kappa shape index (κ1) is 15.0. The van der Waals surface area contributed by atoms with Gasteiger partial charge in [-0.25, -0.2) is 0 Å². The molecule has 0 amide bonds. The third kappa shape index (κ3) is 3.18. The van der Waals surface area contributed by atoms with E-state index in [0.29, 0.717) is 12.0 Å². The Balaban J connectivity index is 2.40. The third-order valence-electron chi connectivity index (χ3n) is 4.16. The fraction of sp³-hybridized carbons (Fsp3) is 0.500. The van der Waals surface area contributed by atoms with Crippen molar-refractivity contribution in [2.75, 3.05) is 6.54 Å². The summed E-state index contributed by atoms with van der Waals surface area (Å²) in [6, 6.07) is 11.4. The summed E-state index contributed by atoms with van der Waals surface area (Å²) in [5, 5.41) is 4.89. The maximum absolute atomic E-state index is 4.59. The van der Waals surface area contributed by atoms with Gasteiger partial charge in [0.05, 0.1) is 5.52 Å². The van der Waals surface area contributed by atoms with Crippen LogP contribution in [-0.2, 0) is 0 Å². The van der Waals surface area contributed by atoms with E-state index in [0.717, 1.165) is 17.8 Å². The van der Waals surface area contributed by atoms with Gasteiger partial charge in [-0.2, -0.15) is 0 Å². The van der Waals surface area contributed by atoms with Crippen LogP contribution in [0.2, 0.25) is 0 Å². The van der Waals surface area contributed by atoms with Crippen LogP contribution in [0.1, 0.15) is 50.9 Å². The van der Waals surface area contributed by atoms with Crippen LogP contribution >= 0.6 is 0 Å². The number of rotatable bonds is 6. The molecule has 0 aliphatic carbocycles. The summed E-state index contributed by atoms with van der Waals surface area (Å²) in [5.74, 6) is 0.686. The van der Waals surface area contributed by atoms with Crippen molar-refractivity contribution in [3.05, 3.63) is 41.6 Å². The Morgan fingerprint density at radius 2 is 1.80 bits per heavy atom. The Hall–Kier alpha value is -1.41. The summed E-state index contributed by atoms with van der Waals surface area (Å²) < 4.78 is 0. The molecule has 108 valence electrons. The van der Waals surface area contributed by atoms with Gasteiger partial charge in [-0.1, -0.05) is 45.7 Å². The molecule has 1 unspecified atom stereocenters. The number of aryl methyl sites for hydroxylation is 1. The lowest BCUT2D eigenvalue weighted by molar-refractivity contribution is 0.347. The van der Waals surface area contributed by atoms with Crippen molar-refractivity contribution < 1.29 is 0 Å². The Kier molecular flexibility index (Phi) is 5.13. The summed E-state index contributed by atoms with van der Waals surface area (Å²) in [6.45, 7) is 9.79. The largest absolute Gasteiger partial charge is 0.310 e. The van der Waals surface area contributed by atoms with E-state index in [2.05, 4.69) is 61.4 Å². The van der Waals surface area contributed by atoms with Crippen LogP contribution in [0.15, 0.2) is 30.3 Å². The number of fused-ring (bicyclic) bond motifs is 1. The fourth-order valence-electron chi connectivity index (χ4n) is 2.98. The molecule has 2 heteroatoms. The summed E-state index contributed by atoms with van der Waals surface area (Å²) in [7, 11) is 0. The molecule has 20 heavy (non-hydrogen) atoms. The molecule has 1 aromatic heterocycles. The molecule has 2 nitrogen and oxygen atoms in total. The highest BCUT2D eigenvalue weighted by molar-refractivity contribution is 5.79. The Morgan fingerprint density at radius 1 is 1.05 bits per heavy atom. The van der Waals surface area contributed by atoms with Crippen molar-refractivity contribution >= 4 is 10.9 Å². The molecule has 0 saturated carbocycles. The zero-order valence-electron chi connectivity index (χ0n) is 13.1. The van der Waals surface area contributed by atoms with Crippen LogP contribution in [0.3, 0.4) is 0 Å². The summed E-state index contributed by atoms with van der Waals surface area (Å²) >= 11 is 0. The van der Waals surface area contributed by atoms with E-state index in [4.69, 9.17) is 0 Å². The average molecular weight is 270 g/mol. The summed E-state index contributed by atoms with van der Waals surface area (Å²) in [4.78, 5) is 4.59.